The average molecular weight is 368 g/mol. The molecule has 27 heavy (non-hydrogen) atoms. The SMILES string of the molecule is CCOc1ccccc1NC(=O)C1(C(=O)Nc2ccc3c(c2)OCO3)CC1. The lowest BCUT2D eigenvalue weighted by Gasteiger charge is -2.17. The van der Waals surface area contributed by atoms with E-state index < -0.39 is 5.41 Å². The first-order valence-electron chi connectivity index (χ1n) is 8.87. The first-order chi connectivity index (χ1) is 13.1. The van der Waals surface area contributed by atoms with Crippen LogP contribution in [0.25, 0.3) is 0 Å². The van der Waals surface area contributed by atoms with Gasteiger partial charge in [0.05, 0.1) is 12.3 Å². The van der Waals surface area contributed by atoms with Crippen LogP contribution >= 0.6 is 0 Å². The van der Waals surface area contributed by atoms with Crippen LogP contribution in [0.4, 0.5) is 11.4 Å². The number of carbonyl (C=O) groups is 2. The maximum Gasteiger partial charge on any atom is 0.240 e. The van der Waals surface area contributed by atoms with E-state index in [0.29, 0.717) is 48.1 Å². The summed E-state index contributed by atoms with van der Waals surface area (Å²) in [5.41, 5.74) is 0.0694. The molecule has 7 heteroatoms. The Kier molecular flexibility index (Phi) is 4.35. The zero-order chi connectivity index (χ0) is 18.9. The standard InChI is InChI=1S/C20H20N2O5/c1-2-25-15-6-4-3-5-14(15)22-19(24)20(9-10-20)18(23)21-13-7-8-16-17(11-13)27-12-26-16/h3-8,11H,2,9-10,12H2,1H3,(H,21,23)(H,22,24). The summed E-state index contributed by atoms with van der Waals surface area (Å²) in [5.74, 6) is 1.15. The first-order valence-corrected chi connectivity index (χ1v) is 8.87. The van der Waals surface area contributed by atoms with Crippen LogP contribution in [0.2, 0.25) is 0 Å². The number of rotatable bonds is 6. The van der Waals surface area contributed by atoms with E-state index >= 15 is 0 Å². The van der Waals surface area contributed by atoms with Crippen LogP contribution in [0.15, 0.2) is 42.5 Å². The van der Waals surface area contributed by atoms with Crippen LogP contribution in [-0.2, 0) is 9.59 Å². The Labute approximate surface area is 156 Å². The van der Waals surface area contributed by atoms with Gasteiger partial charge in [0.15, 0.2) is 11.5 Å². The second kappa shape index (κ2) is 6.83. The molecule has 2 aliphatic rings. The van der Waals surface area contributed by atoms with Gasteiger partial charge in [0.25, 0.3) is 0 Å². The summed E-state index contributed by atoms with van der Waals surface area (Å²) in [4.78, 5) is 25.6. The van der Waals surface area contributed by atoms with Crippen LogP contribution in [0.1, 0.15) is 19.8 Å². The Morgan fingerprint density at radius 2 is 1.78 bits per heavy atom. The quantitative estimate of drug-likeness (QED) is 0.765. The molecule has 2 aromatic rings. The van der Waals surface area contributed by atoms with Crippen molar-refractivity contribution in [2.75, 3.05) is 24.0 Å². The lowest BCUT2D eigenvalue weighted by atomic mass is 10.0. The number of benzene rings is 2. The minimum absolute atomic E-state index is 0.165. The Balaban J connectivity index is 1.47. The molecule has 0 radical (unpaired) electrons. The zero-order valence-electron chi connectivity index (χ0n) is 14.9. The number of carbonyl (C=O) groups excluding carboxylic acids is 2. The number of ether oxygens (including phenoxy) is 3. The molecule has 0 spiro atoms. The lowest BCUT2D eigenvalue weighted by Crippen LogP contribution is -2.35. The molecule has 1 aliphatic carbocycles. The predicted octanol–water partition coefficient (Wildman–Crippen LogP) is 3.17. The van der Waals surface area contributed by atoms with E-state index in [4.69, 9.17) is 14.2 Å². The van der Waals surface area contributed by atoms with Crippen molar-refractivity contribution >= 4 is 23.2 Å². The summed E-state index contributed by atoms with van der Waals surface area (Å²) in [7, 11) is 0. The summed E-state index contributed by atoms with van der Waals surface area (Å²) >= 11 is 0. The minimum atomic E-state index is -1.06. The number of fused-ring (bicyclic) bond motifs is 1. The monoisotopic (exact) mass is 368 g/mol. The molecule has 1 heterocycles. The van der Waals surface area contributed by atoms with Gasteiger partial charge in [0.2, 0.25) is 18.6 Å². The largest absolute Gasteiger partial charge is 0.492 e. The zero-order valence-corrected chi connectivity index (χ0v) is 14.9. The van der Waals surface area contributed by atoms with Gasteiger partial charge in [-0.2, -0.15) is 0 Å². The Morgan fingerprint density at radius 3 is 2.56 bits per heavy atom. The van der Waals surface area contributed by atoms with Gasteiger partial charge in [-0.3, -0.25) is 9.59 Å². The van der Waals surface area contributed by atoms with Gasteiger partial charge in [-0.25, -0.2) is 0 Å². The van der Waals surface area contributed by atoms with Crippen LogP contribution in [-0.4, -0.2) is 25.2 Å². The topological polar surface area (TPSA) is 85.9 Å². The van der Waals surface area contributed by atoms with Gasteiger partial charge < -0.3 is 24.8 Å². The fourth-order valence-electron chi connectivity index (χ4n) is 3.00. The third-order valence-corrected chi connectivity index (χ3v) is 4.68. The van der Waals surface area contributed by atoms with E-state index in [2.05, 4.69) is 10.6 Å². The smallest absolute Gasteiger partial charge is 0.240 e. The molecule has 4 rings (SSSR count). The van der Waals surface area contributed by atoms with Gasteiger partial charge in [-0.15, -0.1) is 0 Å². The lowest BCUT2D eigenvalue weighted by molar-refractivity contribution is -0.131. The van der Waals surface area contributed by atoms with Crippen molar-refractivity contribution in [2.24, 2.45) is 5.41 Å². The molecule has 2 N–H and O–H groups in total. The average Bonchev–Trinajstić information content (AvgIpc) is 3.36. The fourth-order valence-corrected chi connectivity index (χ4v) is 3.00. The molecule has 0 aromatic heterocycles. The van der Waals surface area contributed by atoms with E-state index in [9.17, 15) is 9.59 Å². The van der Waals surface area contributed by atoms with E-state index in [0.717, 1.165) is 0 Å². The molecule has 1 saturated carbocycles. The molecule has 7 nitrogen and oxygen atoms in total. The van der Waals surface area contributed by atoms with Crippen molar-refractivity contribution in [2.45, 2.75) is 19.8 Å². The summed E-state index contributed by atoms with van der Waals surface area (Å²) in [6.07, 6.45) is 1.01. The van der Waals surface area contributed by atoms with Crippen LogP contribution in [0.3, 0.4) is 0 Å². The normalized spacial score (nSPS) is 15.7. The van der Waals surface area contributed by atoms with E-state index in [1.807, 2.05) is 19.1 Å². The third kappa shape index (κ3) is 3.28. The summed E-state index contributed by atoms with van der Waals surface area (Å²) in [6.45, 7) is 2.53. The molecule has 0 saturated heterocycles. The summed E-state index contributed by atoms with van der Waals surface area (Å²) < 4.78 is 16.1. The molecule has 0 atom stereocenters. The van der Waals surface area contributed by atoms with Gasteiger partial charge >= 0.3 is 0 Å². The van der Waals surface area contributed by atoms with Crippen molar-refractivity contribution < 1.29 is 23.8 Å². The Hall–Kier alpha value is -3.22. The molecular formula is C20H20N2O5. The van der Waals surface area contributed by atoms with Gasteiger partial charge in [0.1, 0.15) is 11.2 Å². The maximum absolute atomic E-state index is 12.8. The van der Waals surface area contributed by atoms with Crippen molar-refractivity contribution in [3.05, 3.63) is 42.5 Å². The number of amides is 2. The Morgan fingerprint density at radius 1 is 1.04 bits per heavy atom. The van der Waals surface area contributed by atoms with Gasteiger partial charge in [-0.05, 0) is 44.0 Å². The number of anilines is 2. The number of para-hydroxylation sites is 2. The molecule has 2 amide bonds. The second-order valence-electron chi connectivity index (χ2n) is 6.49. The van der Waals surface area contributed by atoms with Crippen molar-refractivity contribution in [1.82, 2.24) is 0 Å². The molecule has 2 aromatic carbocycles. The molecule has 1 fully saturated rings. The highest BCUT2D eigenvalue weighted by Crippen LogP contribution is 2.48. The first kappa shape index (κ1) is 17.2. The minimum Gasteiger partial charge on any atom is -0.492 e. The summed E-state index contributed by atoms with van der Waals surface area (Å²) in [5, 5.41) is 5.65. The van der Waals surface area contributed by atoms with Crippen LogP contribution < -0.4 is 24.8 Å². The molecular weight excluding hydrogens is 348 g/mol. The molecule has 140 valence electrons. The van der Waals surface area contributed by atoms with E-state index in [-0.39, 0.29) is 18.6 Å². The number of hydrogen-bond donors (Lipinski definition) is 2. The molecule has 0 bridgehead atoms. The predicted molar refractivity (Wildman–Crippen MR) is 99.1 cm³/mol. The molecule has 1 aliphatic heterocycles. The van der Waals surface area contributed by atoms with E-state index in [1.54, 1.807) is 30.3 Å². The highest BCUT2D eigenvalue weighted by atomic mass is 16.7. The third-order valence-electron chi connectivity index (χ3n) is 4.68. The fraction of sp³-hybridized carbons (Fsp3) is 0.300. The van der Waals surface area contributed by atoms with Gasteiger partial charge in [-0.1, -0.05) is 12.1 Å². The summed E-state index contributed by atoms with van der Waals surface area (Å²) in [6, 6.07) is 12.3. The second-order valence-corrected chi connectivity index (χ2v) is 6.49. The molecule has 0 unspecified atom stereocenters. The maximum atomic E-state index is 12.8. The van der Waals surface area contributed by atoms with Crippen LogP contribution in [0.5, 0.6) is 17.2 Å². The Bertz CT molecular complexity index is 892. The van der Waals surface area contributed by atoms with Crippen molar-refractivity contribution in [1.29, 1.82) is 0 Å². The van der Waals surface area contributed by atoms with Crippen molar-refractivity contribution in [3.8, 4) is 17.2 Å². The van der Waals surface area contributed by atoms with Gasteiger partial charge in [0, 0.05) is 11.8 Å². The van der Waals surface area contributed by atoms with Crippen LogP contribution in [0, 0.1) is 5.41 Å². The highest BCUT2D eigenvalue weighted by molar-refractivity contribution is 6.17. The van der Waals surface area contributed by atoms with Crippen molar-refractivity contribution in [3.63, 3.8) is 0 Å². The highest BCUT2D eigenvalue weighted by Gasteiger charge is 2.56. The van der Waals surface area contributed by atoms with E-state index in [1.165, 1.54) is 0 Å². The number of hydrogen-bond acceptors (Lipinski definition) is 5. The number of nitrogens with one attached hydrogen (secondary N) is 2.